The Balaban J connectivity index is 1.47. The molecule has 2 saturated heterocycles. The van der Waals surface area contributed by atoms with Gasteiger partial charge < -0.3 is 9.32 Å². The Kier molecular flexibility index (Phi) is 3.55. The standard InChI is InChI=1S/C18H21N5OS/c1-10-7-12(11(2)24-10)16-13-8-23(5-3-14(13)21-22-16)18-17-15(4-6-25-17)19-9-20-18/h4,6-7,9,13-14,16,21-22H,3,5,8H2,1-2H3. The molecule has 3 aromatic heterocycles. The molecular formula is C18H21N5OS. The van der Waals surface area contributed by atoms with E-state index < -0.39 is 0 Å². The second kappa shape index (κ2) is 5.79. The van der Waals surface area contributed by atoms with E-state index in [0.29, 0.717) is 12.0 Å². The van der Waals surface area contributed by atoms with Crippen LogP contribution in [0.25, 0.3) is 10.2 Å². The Morgan fingerprint density at radius 1 is 1.28 bits per heavy atom. The summed E-state index contributed by atoms with van der Waals surface area (Å²) in [6, 6.07) is 4.98. The first kappa shape index (κ1) is 15.3. The lowest BCUT2D eigenvalue weighted by Gasteiger charge is -2.36. The number of aryl methyl sites for hydroxylation is 2. The van der Waals surface area contributed by atoms with Gasteiger partial charge in [-0.1, -0.05) is 0 Å². The molecule has 3 aromatic rings. The number of piperidine rings is 1. The number of fused-ring (bicyclic) bond motifs is 2. The summed E-state index contributed by atoms with van der Waals surface area (Å²) in [5, 5.41) is 2.09. The topological polar surface area (TPSA) is 66.2 Å². The summed E-state index contributed by atoms with van der Waals surface area (Å²) in [6.07, 6.45) is 2.78. The van der Waals surface area contributed by atoms with Gasteiger partial charge in [-0.3, -0.25) is 5.43 Å². The molecule has 2 N–H and O–H groups in total. The molecule has 0 radical (unpaired) electrons. The molecule has 5 heterocycles. The molecule has 0 bridgehead atoms. The molecule has 25 heavy (non-hydrogen) atoms. The summed E-state index contributed by atoms with van der Waals surface area (Å²) < 4.78 is 6.95. The van der Waals surface area contributed by atoms with Gasteiger partial charge in [0.05, 0.1) is 16.3 Å². The summed E-state index contributed by atoms with van der Waals surface area (Å²) in [7, 11) is 0. The predicted octanol–water partition coefficient (Wildman–Crippen LogP) is 2.95. The molecule has 3 unspecified atom stereocenters. The molecule has 3 atom stereocenters. The lowest BCUT2D eigenvalue weighted by molar-refractivity contribution is 0.353. The van der Waals surface area contributed by atoms with E-state index in [-0.39, 0.29) is 6.04 Å². The fourth-order valence-corrected chi connectivity index (χ4v) is 5.13. The predicted molar refractivity (Wildman–Crippen MR) is 98.7 cm³/mol. The van der Waals surface area contributed by atoms with Crippen LogP contribution in [-0.2, 0) is 0 Å². The summed E-state index contributed by atoms with van der Waals surface area (Å²) in [6.45, 7) is 6.05. The third-order valence-corrected chi connectivity index (χ3v) is 6.35. The highest BCUT2D eigenvalue weighted by atomic mass is 32.1. The summed E-state index contributed by atoms with van der Waals surface area (Å²) in [5.41, 5.74) is 9.31. The Morgan fingerprint density at radius 2 is 2.20 bits per heavy atom. The SMILES string of the molecule is Cc1cc(C2NNC3CCN(c4ncnc5ccsc45)CC32)c(C)o1. The van der Waals surface area contributed by atoms with Crippen LogP contribution in [0.2, 0.25) is 0 Å². The van der Waals surface area contributed by atoms with E-state index in [0.717, 1.165) is 42.4 Å². The lowest BCUT2D eigenvalue weighted by Crippen LogP contribution is -2.46. The number of thiophene rings is 1. The minimum Gasteiger partial charge on any atom is -0.466 e. The first-order valence-corrected chi connectivity index (χ1v) is 9.60. The van der Waals surface area contributed by atoms with E-state index in [2.05, 4.69) is 50.2 Å². The van der Waals surface area contributed by atoms with Crippen LogP contribution in [0.4, 0.5) is 5.82 Å². The zero-order chi connectivity index (χ0) is 17.0. The smallest absolute Gasteiger partial charge is 0.150 e. The van der Waals surface area contributed by atoms with Crippen molar-refractivity contribution in [1.82, 2.24) is 20.8 Å². The van der Waals surface area contributed by atoms with Gasteiger partial charge in [0.1, 0.15) is 23.7 Å². The largest absolute Gasteiger partial charge is 0.466 e. The molecule has 0 amide bonds. The van der Waals surface area contributed by atoms with Gasteiger partial charge >= 0.3 is 0 Å². The van der Waals surface area contributed by atoms with Crippen LogP contribution in [0.3, 0.4) is 0 Å². The molecule has 6 nitrogen and oxygen atoms in total. The second-order valence-electron chi connectivity index (χ2n) is 6.97. The number of aromatic nitrogens is 2. The van der Waals surface area contributed by atoms with E-state index >= 15 is 0 Å². The number of hydrazine groups is 1. The van der Waals surface area contributed by atoms with Gasteiger partial charge in [-0.2, -0.15) is 0 Å². The zero-order valence-corrected chi connectivity index (χ0v) is 15.1. The average molecular weight is 355 g/mol. The molecule has 2 fully saturated rings. The lowest BCUT2D eigenvalue weighted by atomic mass is 9.85. The van der Waals surface area contributed by atoms with Gasteiger partial charge in [0, 0.05) is 30.6 Å². The number of anilines is 1. The van der Waals surface area contributed by atoms with Gasteiger partial charge in [0.2, 0.25) is 0 Å². The summed E-state index contributed by atoms with van der Waals surface area (Å²) >= 11 is 1.72. The number of rotatable bonds is 2. The number of nitrogens with zero attached hydrogens (tertiary/aromatic N) is 3. The van der Waals surface area contributed by atoms with E-state index in [9.17, 15) is 0 Å². The van der Waals surface area contributed by atoms with Crippen molar-refractivity contribution in [3.05, 3.63) is 40.9 Å². The Bertz CT molecular complexity index is 919. The number of hydrogen-bond donors (Lipinski definition) is 2. The first-order valence-electron chi connectivity index (χ1n) is 8.72. The summed E-state index contributed by atoms with van der Waals surface area (Å²) in [5.74, 6) is 3.54. The quantitative estimate of drug-likeness (QED) is 0.737. The van der Waals surface area contributed by atoms with Gasteiger partial charge in [-0.15, -0.1) is 11.3 Å². The van der Waals surface area contributed by atoms with Crippen molar-refractivity contribution < 1.29 is 4.42 Å². The third-order valence-electron chi connectivity index (χ3n) is 5.45. The van der Waals surface area contributed by atoms with Gasteiger partial charge in [-0.25, -0.2) is 15.4 Å². The van der Waals surface area contributed by atoms with Crippen molar-refractivity contribution in [2.45, 2.75) is 32.4 Å². The van der Waals surface area contributed by atoms with Crippen molar-refractivity contribution in [1.29, 1.82) is 0 Å². The summed E-state index contributed by atoms with van der Waals surface area (Å²) in [4.78, 5) is 11.4. The maximum atomic E-state index is 5.77. The van der Waals surface area contributed by atoms with Crippen LogP contribution < -0.4 is 15.8 Å². The van der Waals surface area contributed by atoms with Crippen LogP contribution in [0, 0.1) is 19.8 Å². The number of nitrogens with one attached hydrogen (secondary N) is 2. The minimum absolute atomic E-state index is 0.269. The molecule has 2 aliphatic rings. The number of furan rings is 1. The van der Waals surface area contributed by atoms with Gasteiger partial charge in [0.15, 0.2) is 0 Å². The fourth-order valence-electron chi connectivity index (χ4n) is 4.26. The van der Waals surface area contributed by atoms with Crippen molar-refractivity contribution in [3.8, 4) is 0 Å². The molecule has 5 rings (SSSR count). The Hall–Kier alpha value is -1.96. The number of hydrogen-bond acceptors (Lipinski definition) is 7. The van der Waals surface area contributed by atoms with Crippen LogP contribution in [0.1, 0.15) is 29.5 Å². The molecular weight excluding hydrogens is 334 g/mol. The molecule has 130 valence electrons. The Labute approximate surface area is 150 Å². The van der Waals surface area contributed by atoms with E-state index in [1.807, 2.05) is 6.92 Å². The average Bonchev–Trinajstić information content (AvgIpc) is 3.31. The van der Waals surface area contributed by atoms with E-state index in [1.165, 1.54) is 10.3 Å². The maximum absolute atomic E-state index is 5.77. The molecule has 0 spiro atoms. The molecule has 2 aliphatic heterocycles. The first-order chi connectivity index (χ1) is 12.2. The molecule has 0 saturated carbocycles. The van der Waals surface area contributed by atoms with Crippen LogP contribution in [0.5, 0.6) is 0 Å². The van der Waals surface area contributed by atoms with Crippen LogP contribution >= 0.6 is 11.3 Å². The monoisotopic (exact) mass is 355 g/mol. The molecule has 0 aliphatic carbocycles. The Morgan fingerprint density at radius 3 is 3.04 bits per heavy atom. The van der Waals surface area contributed by atoms with Crippen LogP contribution in [0.15, 0.2) is 28.3 Å². The van der Waals surface area contributed by atoms with Crippen LogP contribution in [-0.4, -0.2) is 29.1 Å². The van der Waals surface area contributed by atoms with Crippen molar-refractivity contribution in [2.24, 2.45) is 5.92 Å². The maximum Gasteiger partial charge on any atom is 0.150 e. The highest BCUT2D eigenvalue weighted by molar-refractivity contribution is 7.17. The van der Waals surface area contributed by atoms with Crippen molar-refractivity contribution in [3.63, 3.8) is 0 Å². The highest BCUT2D eigenvalue weighted by Gasteiger charge is 2.42. The molecule has 0 aromatic carbocycles. The van der Waals surface area contributed by atoms with E-state index in [4.69, 9.17) is 4.42 Å². The van der Waals surface area contributed by atoms with E-state index in [1.54, 1.807) is 17.7 Å². The molecule has 7 heteroatoms. The fraction of sp³-hybridized carbons (Fsp3) is 0.444. The van der Waals surface area contributed by atoms with Gasteiger partial charge in [0.25, 0.3) is 0 Å². The second-order valence-corrected chi connectivity index (χ2v) is 7.89. The third kappa shape index (κ3) is 2.46. The minimum atomic E-state index is 0.269. The van der Waals surface area contributed by atoms with Gasteiger partial charge in [-0.05, 0) is 37.8 Å². The zero-order valence-electron chi connectivity index (χ0n) is 14.3. The van der Waals surface area contributed by atoms with Crippen molar-refractivity contribution in [2.75, 3.05) is 18.0 Å². The highest BCUT2D eigenvalue weighted by Crippen LogP contribution is 2.38. The normalized spacial score (nSPS) is 26.3. The van der Waals surface area contributed by atoms with Crippen molar-refractivity contribution >= 4 is 27.4 Å².